The van der Waals surface area contributed by atoms with Crippen molar-refractivity contribution in [1.82, 2.24) is 0 Å². The standard InChI is InChI=1S/C16H19ClN4O2/c17-14-6-9(1-2-10(14)8-23-12-3-4-12)15(22)7-11-5-13(11)16(20-18)21-19/h1-2,6,11-13,18H,3-5,7-8,19H2/b20-18?,21-16-/t11-,13+/m1/s1. The second kappa shape index (κ2) is 6.76. The zero-order valence-corrected chi connectivity index (χ0v) is 13.4. The molecule has 2 aliphatic rings. The van der Waals surface area contributed by atoms with Gasteiger partial charge in [0, 0.05) is 22.9 Å². The zero-order valence-electron chi connectivity index (χ0n) is 12.7. The Bertz CT molecular complexity index is 657. The van der Waals surface area contributed by atoms with E-state index in [1.807, 2.05) is 6.07 Å². The lowest BCUT2D eigenvalue weighted by Crippen LogP contribution is -2.06. The SMILES string of the molecule is N=N/C(=N\N)[C@H]1C[C@@H]1CC(=O)c1ccc(COC2CC2)c(Cl)c1. The van der Waals surface area contributed by atoms with Gasteiger partial charge in [-0.2, -0.15) is 5.10 Å². The smallest absolute Gasteiger partial charge is 0.173 e. The molecule has 6 nitrogen and oxygen atoms in total. The maximum atomic E-state index is 12.3. The second-order valence-electron chi connectivity index (χ2n) is 6.15. The number of rotatable bonds is 7. The van der Waals surface area contributed by atoms with Crippen LogP contribution in [0.2, 0.25) is 5.02 Å². The fourth-order valence-corrected chi connectivity index (χ4v) is 2.87. The summed E-state index contributed by atoms with van der Waals surface area (Å²) in [7, 11) is 0. The summed E-state index contributed by atoms with van der Waals surface area (Å²) in [4.78, 5) is 12.3. The number of hydrogen-bond donors (Lipinski definition) is 2. The lowest BCUT2D eigenvalue weighted by atomic mass is 10.0. The summed E-state index contributed by atoms with van der Waals surface area (Å²) in [5.41, 5.74) is 8.50. The van der Waals surface area contributed by atoms with Crippen LogP contribution in [0, 0.1) is 17.4 Å². The molecule has 3 N–H and O–H groups in total. The first-order valence-electron chi connectivity index (χ1n) is 7.70. The molecule has 2 atom stereocenters. The molecule has 0 amide bonds. The highest BCUT2D eigenvalue weighted by Crippen LogP contribution is 2.43. The van der Waals surface area contributed by atoms with Crippen molar-refractivity contribution < 1.29 is 9.53 Å². The Hall–Kier alpha value is -1.79. The molecule has 0 unspecified atom stereocenters. The summed E-state index contributed by atoms with van der Waals surface area (Å²) < 4.78 is 5.64. The maximum Gasteiger partial charge on any atom is 0.173 e. The fourth-order valence-electron chi connectivity index (χ4n) is 2.63. The fraction of sp³-hybridized carbons (Fsp3) is 0.500. The monoisotopic (exact) mass is 334 g/mol. The first kappa shape index (κ1) is 16.1. The van der Waals surface area contributed by atoms with Crippen molar-refractivity contribution in [3.05, 3.63) is 34.3 Å². The molecule has 0 radical (unpaired) electrons. The van der Waals surface area contributed by atoms with Crippen LogP contribution >= 0.6 is 11.6 Å². The molecule has 0 spiro atoms. The highest BCUT2D eigenvalue weighted by Gasteiger charge is 2.42. The topological polar surface area (TPSA) is 101 Å². The summed E-state index contributed by atoms with van der Waals surface area (Å²) in [6, 6.07) is 5.36. The molecular weight excluding hydrogens is 316 g/mol. The quantitative estimate of drug-likeness (QED) is 0.199. The first-order chi connectivity index (χ1) is 11.1. The molecule has 23 heavy (non-hydrogen) atoms. The van der Waals surface area contributed by atoms with Crippen LogP contribution < -0.4 is 5.84 Å². The molecule has 0 aliphatic heterocycles. The summed E-state index contributed by atoms with van der Waals surface area (Å²) in [6.07, 6.45) is 3.81. The van der Waals surface area contributed by atoms with Crippen LogP contribution in [-0.2, 0) is 11.3 Å². The van der Waals surface area contributed by atoms with E-state index < -0.39 is 0 Å². The zero-order chi connectivity index (χ0) is 16.4. The number of Topliss-reactive ketones (excluding diaryl/α,β-unsaturated/α-hetero) is 1. The van der Waals surface area contributed by atoms with Gasteiger partial charge in [-0.1, -0.05) is 23.7 Å². The van der Waals surface area contributed by atoms with Gasteiger partial charge in [0.05, 0.1) is 12.7 Å². The lowest BCUT2D eigenvalue weighted by Gasteiger charge is -2.07. The predicted molar refractivity (Wildman–Crippen MR) is 86.6 cm³/mol. The van der Waals surface area contributed by atoms with E-state index in [4.69, 9.17) is 27.7 Å². The van der Waals surface area contributed by atoms with Gasteiger partial charge in [0.1, 0.15) is 0 Å². The number of halogens is 1. The molecule has 1 aromatic rings. The Kier molecular flexibility index (Phi) is 4.73. The van der Waals surface area contributed by atoms with E-state index in [0.717, 1.165) is 24.8 Å². The molecule has 7 heteroatoms. The van der Waals surface area contributed by atoms with E-state index in [9.17, 15) is 4.79 Å². The van der Waals surface area contributed by atoms with E-state index in [-0.39, 0.29) is 17.6 Å². The van der Waals surface area contributed by atoms with Crippen molar-refractivity contribution in [2.45, 2.75) is 38.4 Å². The third-order valence-electron chi connectivity index (χ3n) is 4.32. The van der Waals surface area contributed by atoms with Gasteiger partial charge < -0.3 is 10.6 Å². The van der Waals surface area contributed by atoms with Gasteiger partial charge >= 0.3 is 0 Å². The number of ketones is 1. The van der Waals surface area contributed by atoms with Crippen LogP contribution in [0.4, 0.5) is 0 Å². The van der Waals surface area contributed by atoms with Crippen LogP contribution in [0.5, 0.6) is 0 Å². The molecule has 2 saturated carbocycles. The summed E-state index contributed by atoms with van der Waals surface area (Å²) in [5, 5.41) is 7.34. The largest absolute Gasteiger partial charge is 0.373 e. The Morgan fingerprint density at radius 2 is 2.22 bits per heavy atom. The molecule has 0 saturated heterocycles. The van der Waals surface area contributed by atoms with Crippen LogP contribution in [-0.4, -0.2) is 17.7 Å². The van der Waals surface area contributed by atoms with Gasteiger partial charge in [-0.05, 0) is 36.8 Å². The number of carbonyl (C=O) groups is 1. The number of carbonyl (C=O) groups excluding carboxylic acids is 1. The minimum Gasteiger partial charge on any atom is -0.373 e. The summed E-state index contributed by atoms with van der Waals surface area (Å²) in [5.74, 6) is 5.72. The molecular formula is C16H19ClN4O2. The third kappa shape index (κ3) is 3.95. The summed E-state index contributed by atoms with van der Waals surface area (Å²) >= 11 is 6.25. The second-order valence-corrected chi connectivity index (χ2v) is 6.55. The lowest BCUT2D eigenvalue weighted by molar-refractivity contribution is 0.0973. The number of nitrogens with one attached hydrogen (secondary N) is 1. The van der Waals surface area contributed by atoms with E-state index in [1.54, 1.807) is 12.1 Å². The molecule has 1 aromatic carbocycles. The Morgan fingerprint density at radius 1 is 1.43 bits per heavy atom. The van der Waals surface area contributed by atoms with Crippen molar-refractivity contribution in [3.63, 3.8) is 0 Å². The Labute approximate surface area is 139 Å². The Balaban J connectivity index is 1.57. The number of amidine groups is 1. The minimum absolute atomic E-state index is 0.0307. The van der Waals surface area contributed by atoms with Crippen LogP contribution in [0.3, 0.4) is 0 Å². The highest BCUT2D eigenvalue weighted by atomic mass is 35.5. The van der Waals surface area contributed by atoms with E-state index in [0.29, 0.717) is 35.6 Å². The first-order valence-corrected chi connectivity index (χ1v) is 8.08. The normalized spacial score (nSPS) is 23.6. The number of hydrazone groups is 1. The number of benzene rings is 1. The minimum atomic E-state index is 0.0307. The van der Waals surface area contributed by atoms with E-state index >= 15 is 0 Å². The number of ether oxygens (including phenoxy) is 1. The van der Waals surface area contributed by atoms with Crippen LogP contribution in [0.25, 0.3) is 0 Å². The molecule has 0 bridgehead atoms. The average molecular weight is 335 g/mol. The molecule has 0 aromatic heterocycles. The van der Waals surface area contributed by atoms with E-state index in [2.05, 4.69) is 10.2 Å². The molecule has 0 heterocycles. The average Bonchev–Trinajstić information content (AvgIpc) is 3.44. The van der Waals surface area contributed by atoms with Crippen LogP contribution in [0.15, 0.2) is 28.4 Å². The van der Waals surface area contributed by atoms with Gasteiger partial charge in [-0.25, -0.2) is 5.53 Å². The number of hydrogen-bond acceptors (Lipinski definition) is 5. The number of nitrogens with zero attached hydrogens (tertiary/aromatic N) is 2. The Morgan fingerprint density at radius 3 is 2.83 bits per heavy atom. The van der Waals surface area contributed by atoms with E-state index in [1.165, 1.54) is 0 Å². The van der Waals surface area contributed by atoms with Crippen molar-refractivity contribution in [2.75, 3.05) is 0 Å². The van der Waals surface area contributed by atoms with Crippen molar-refractivity contribution >= 4 is 23.2 Å². The molecule has 2 fully saturated rings. The molecule has 3 rings (SSSR count). The van der Waals surface area contributed by atoms with Gasteiger partial charge in [-0.15, -0.1) is 5.11 Å². The van der Waals surface area contributed by atoms with Crippen molar-refractivity contribution in [2.24, 2.45) is 27.9 Å². The van der Waals surface area contributed by atoms with Crippen molar-refractivity contribution in [3.8, 4) is 0 Å². The van der Waals surface area contributed by atoms with Gasteiger partial charge in [0.2, 0.25) is 0 Å². The molecule has 2 aliphatic carbocycles. The number of nitrogens with two attached hydrogens (primary N) is 1. The molecule has 122 valence electrons. The summed E-state index contributed by atoms with van der Waals surface area (Å²) in [6.45, 7) is 0.490. The van der Waals surface area contributed by atoms with Gasteiger partial charge in [0.25, 0.3) is 0 Å². The predicted octanol–water partition coefficient (Wildman–Crippen LogP) is 3.53. The van der Waals surface area contributed by atoms with Crippen LogP contribution in [0.1, 0.15) is 41.6 Å². The van der Waals surface area contributed by atoms with Crippen molar-refractivity contribution in [1.29, 1.82) is 5.53 Å². The van der Waals surface area contributed by atoms with Gasteiger partial charge in [0.15, 0.2) is 11.6 Å². The van der Waals surface area contributed by atoms with Gasteiger partial charge in [-0.3, -0.25) is 4.79 Å². The highest BCUT2D eigenvalue weighted by molar-refractivity contribution is 6.31. The third-order valence-corrected chi connectivity index (χ3v) is 4.67. The maximum absolute atomic E-state index is 12.3.